The van der Waals surface area contributed by atoms with Crippen LogP contribution < -0.4 is 10.6 Å². The number of carbonyl (C=O) groups is 3. The van der Waals surface area contributed by atoms with Crippen molar-refractivity contribution in [3.8, 4) is 11.1 Å². The zero-order valence-electron chi connectivity index (χ0n) is 19.3. The Labute approximate surface area is 189 Å². The van der Waals surface area contributed by atoms with Crippen LogP contribution in [-0.4, -0.2) is 47.5 Å². The molecule has 1 aliphatic rings. The van der Waals surface area contributed by atoms with Gasteiger partial charge in [-0.25, -0.2) is 4.79 Å². The van der Waals surface area contributed by atoms with E-state index in [-0.39, 0.29) is 5.91 Å². The summed E-state index contributed by atoms with van der Waals surface area (Å²) in [4.78, 5) is 39.1. The van der Waals surface area contributed by atoms with Gasteiger partial charge < -0.3 is 15.4 Å². The third kappa shape index (κ3) is 5.66. The van der Waals surface area contributed by atoms with E-state index in [1.165, 1.54) is 11.9 Å². The first kappa shape index (κ1) is 23.3. The number of hydrogen-bond acceptors (Lipinski definition) is 4. The number of nitrogens with zero attached hydrogens (tertiary/aromatic N) is 1. The molecule has 0 saturated heterocycles. The van der Waals surface area contributed by atoms with Gasteiger partial charge in [-0.1, -0.05) is 42.5 Å². The molecule has 2 aromatic carbocycles. The Bertz CT molecular complexity index is 998. The number of likely N-dealkylation sites (N-methyl/N-ethyl adjacent to an activating group) is 1. The van der Waals surface area contributed by atoms with Crippen LogP contribution in [0.25, 0.3) is 11.1 Å². The van der Waals surface area contributed by atoms with Crippen LogP contribution in [0.2, 0.25) is 0 Å². The van der Waals surface area contributed by atoms with Crippen molar-refractivity contribution < 1.29 is 19.1 Å². The molecular weight excluding hydrogens is 406 g/mol. The van der Waals surface area contributed by atoms with E-state index in [1.807, 2.05) is 48.5 Å². The fourth-order valence-electron chi connectivity index (χ4n) is 3.47. The molecule has 0 aromatic heterocycles. The molecule has 0 unspecified atom stereocenters. The number of benzene rings is 2. The molecule has 2 N–H and O–H groups in total. The molecule has 1 aliphatic heterocycles. The predicted molar refractivity (Wildman–Crippen MR) is 124 cm³/mol. The Balaban J connectivity index is 1.67. The Morgan fingerprint density at radius 3 is 2.47 bits per heavy atom. The maximum absolute atomic E-state index is 12.8. The van der Waals surface area contributed by atoms with E-state index >= 15 is 0 Å². The quantitative estimate of drug-likeness (QED) is 0.757. The minimum Gasteiger partial charge on any atom is -0.444 e. The van der Waals surface area contributed by atoms with Gasteiger partial charge in [-0.3, -0.25) is 14.5 Å². The molecule has 0 saturated carbocycles. The minimum atomic E-state index is -0.784. The Kier molecular flexibility index (Phi) is 6.87. The lowest BCUT2D eigenvalue weighted by Gasteiger charge is -2.29. The molecule has 3 rings (SSSR count). The first-order chi connectivity index (χ1) is 15.0. The number of aryl methyl sites for hydroxylation is 1. The van der Waals surface area contributed by atoms with Gasteiger partial charge in [0.25, 0.3) is 0 Å². The Hall–Kier alpha value is -3.35. The average molecular weight is 438 g/mol. The fourth-order valence-corrected chi connectivity index (χ4v) is 3.47. The van der Waals surface area contributed by atoms with E-state index < -0.39 is 29.7 Å². The van der Waals surface area contributed by atoms with Crippen LogP contribution in [0.1, 0.15) is 39.7 Å². The number of ether oxygens (including phenoxy) is 1. The lowest BCUT2D eigenvalue weighted by molar-refractivity contribution is -0.129. The van der Waals surface area contributed by atoms with Gasteiger partial charge in [-0.15, -0.1) is 0 Å². The SMILES string of the molecule is C[C@@H](C(=O)N[C@H]1CCc2ccc(-c3ccccc3)cc2NC1=O)N(C)C(=O)OC(C)(C)C. The molecule has 2 aromatic rings. The van der Waals surface area contributed by atoms with Crippen LogP contribution in [0.3, 0.4) is 0 Å². The van der Waals surface area contributed by atoms with Gasteiger partial charge in [-0.2, -0.15) is 0 Å². The first-order valence-corrected chi connectivity index (χ1v) is 10.8. The van der Waals surface area contributed by atoms with Crippen LogP contribution in [0.15, 0.2) is 48.5 Å². The summed E-state index contributed by atoms with van der Waals surface area (Å²) in [5.74, 6) is -0.677. The van der Waals surface area contributed by atoms with Gasteiger partial charge in [0.1, 0.15) is 17.7 Å². The highest BCUT2D eigenvalue weighted by Crippen LogP contribution is 2.28. The molecule has 1 heterocycles. The standard InChI is InChI=1S/C25H31N3O4/c1-16(28(5)24(31)32-25(2,3)4)22(29)26-20-14-13-18-11-12-19(15-21(18)27-23(20)30)17-9-7-6-8-10-17/h6-12,15-16,20H,13-14H2,1-5H3,(H,26,29)(H,27,30)/t16-,20-/m0/s1. The van der Waals surface area contributed by atoms with E-state index in [0.29, 0.717) is 12.8 Å². The highest BCUT2D eigenvalue weighted by molar-refractivity contribution is 5.99. The second kappa shape index (κ2) is 9.42. The van der Waals surface area contributed by atoms with Crippen molar-refractivity contribution in [1.82, 2.24) is 10.2 Å². The fraction of sp³-hybridized carbons (Fsp3) is 0.400. The average Bonchev–Trinajstić information content (AvgIpc) is 2.90. The van der Waals surface area contributed by atoms with E-state index in [4.69, 9.17) is 4.74 Å². The smallest absolute Gasteiger partial charge is 0.410 e. The molecular formula is C25H31N3O4. The van der Waals surface area contributed by atoms with Crippen LogP contribution in [0.5, 0.6) is 0 Å². The number of rotatable bonds is 4. The minimum absolute atomic E-state index is 0.269. The third-order valence-electron chi connectivity index (χ3n) is 5.45. The van der Waals surface area contributed by atoms with E-state index in [1.54, 1.807) is 27.7 Å². The molecule has 7 heteroatoms. The van der Waals surface area contributed by atoms with Crippen LogP contribution in [0.4, 0.5) is 10.5 Å². The molecule has 0 aliphatic carbocycles. The second-order valence-corrected chi connectivity index (χ2v) is 9.09. The summed E-state index contributed by atoms with van der Waals surface area (Å²) in [7, 11) is 1.51. The number of hydrogen-bond donors (Lipinski definition) is 2. The largest absolute Gasteiger partial charge is 0.444 e. The van der Waals surface area contributed by atoms with Crippen molar-refractivity contribution in [2.75, 3.05) is 12.4 Å². The predicted octanol–water partition coefficient (Wildman–Crippen LogP) is 3.98. The topological polar surface area (TPSA) is 87.7 Å². The van der Waals surface area contributed by atoms with Crippen molar-refractivity contribution in [2.24, 2.45) is 0 Å². The molecule has 3 amide bonds. The number of fused-ring (bicyclic) bond motifs is 1. The van der Waals surface area contributed by atoms with E-state index in [0.717, 1.165) is 22.4 Å². The highest BCUT2D eigenvalue weighted by Gasteiger charge is 2.31. The Morgan fingerprint density at radius 1 is 1.12 bits per heavy atom. The summed E-state index contributed by atoms with van der Waals surface area (Å²) in [6.07, 6.45) is 0.522. The van der Waals surface area contributed by atoms with Gasteiger partial charge in [-0.05, 0) is 63.3 Å². The summed E-state index contributed by atoms with van der Waals surface area (Å²) in [5, 5.41) is 5.74. The van der Waals surface area contributed by atoms with Gasteiger partial charge >= 0.3 is 6.09 Å². The zero-order chi connectivity index (χ0) is 23.5. The van der Waals surface area contributed by atoms with Crippen molar-refractivity contribution >= 4 is 23.6 Å². The molecule has 0 spiro atoms. The van der Waals surface area contributed by atoms with Crippen molar-refractivity contribution in [1.29, 1.82) is 0 Å². The molecule has 2 atom stereocenters. The maximum Gasteiger partial charge on any atom is 0.410 e. The monoisotopic (exact) mass is 437 g/mol. The highest BCUT2D eigenvalue weighted by atomic mass is 16.6. The number of carbonyl (C=O) groups excluding carboxylic acids is 3. The van der Waals surface area contributed by atoms with Gasteiger partial charge in [0.2, 0.25) is 11.8 Å². The van der Waals surface area contributed by atoms with Gasteiger partial charge in [0.05, 0.1) is 0 Å². The van der Waals surface area contributed by atoms with Crippen LogP contribution in [0, 0.1) is 0 Å². The van der Waals surface area contributed by atoms with E-state index in [2.05, 4.69) is 10.6 Å². The summed E-state index contributed by atoms with van der Waals surface area (Å²) in [5.41, 5.74) is 3.20. The number of anilines is 1. The molecule has 0 fully saturated rings. The first-order valence-electron chi connectivity index (χ1n) is 10.8. The maximum atomic E-state index is 12.8. The summed E-state index contributed by atoms with van der Waals surface area (Å²) in [6.45, 7) is 6.90. The molecule has 32 heavy (non-hydrogen) atoms. The zero-order valence-corrected chi connectivity index (χ0v) is 19.3. The molecule has 0 bridgehead atoms. The Morgan fingerprint density at radius 2 is 1.81 bits per heavy atom. The van der Waals surface area contributed by atoms with Crippen molar-refractivity contribution in [3.63, 3.8) is 0 Å². The molecule has 0 radical (unpaired) electrons. The normalized spacial score (nSPS) is 16.8. The van der Waals surface area contributed by atoms with Gasteiger partial charge in [0, 0.05) is 12.7 Å². The molecule has 7 nitrogen and oxygen atoms in total. The van der Waals surface area contributed by atoms with Gasteiger partial charge in [0.15, 0.2) is 0 Å². The summed E-state index contributed by atoms with van der Waals surface area (Å²) >= 11 is 0. The van der Waals surface area contributed by atoms with E-state index in [9.17, 15) is 14.4 Å². The number of nitrogens with one attached hydrogen (secondary N) is 2. The number of amides is 3. The molecule has 170 valence electrons. The lowest BCUT2D eigenvalue weighted by atomic mass is 10.00. The second-order valence-electron chi connectivity index (χ2n) is 9.09. The lowest BCUT2D eigenvalue weighted by Crippen LogP contribution is -2.52. The van der Waals surface area contributed by atoms with Crippen LogP contribution >= 0.6 is 0 Å². The third-order valence-corrected chi connectivity index (χ3v) is 5.45. The summed E-state index contributed by atoms with van der Waals surface area (Å²) in [6, 6.07) is 14.5. The van der Waals surface area contributed by atoms with Crippen molar-refractivity contribution in [3.05, 3.63) is 54.1 Å². The van der Waals surface area contributed by atoms with Crippen LogP contribution in [-0.2, 0) is 20.7 Å². The summed E-state index contributed by atoms with van der Waals surface area (Å²) < 4.78 is 5.32. The van der Waals surface area contributed by atoms with Crippen molar-refractivity contribution in [2.45, 2.75) is 58.2 Å².